The van der Waals surface area contributed by atoms with E-state index in [1.165, 1.54) is 0 Å². The molecule has 2 atom stereocenters. The van der Waals surface area contributed by atoms with E-state index < -0.39 is 18.1 Å². The van der Waals surface area contributed by atoms with E-state index in [1.54, 1.807) is 0 Å². The number of piperidine rings is 1. The van der Waals surface area contributed by atoms with Gasteiger partial charge in [0.2, 0.25) is 0 Å². The van der Waals surface area contributed by atoms with Crippen molar-refractivity contribution in [3.05, 3.63) is 34.9 Å². The number of alkyl halides is 3. The average Bonchev–Trinajstić information content (AvgIpc) is 2.33. The minimum atomic E-state index is -4.10. The molecule has 19 heavy (non-hydrogen) atoms. The van der Waals surface area contributed by atoms with E-state index in [4.69, 9.17) is 0 Å². The second-order valence-electron chi connectivity index (χ2n) is 5.43. The molecular weight excluding hydrogens is 251 g/mol. The maximum atomic E-state index is 13.1. The number of aryl methyl sites for hydroxylation is 2. The van der Waals surface area contributed by atoms with Crippen molar-refractivity contribution in [2.24, 2.45) is 5.92 Å². The third-order valence-electron chi connectivity index (χ3n) is 4.07. The number of halogens is 3. The molecule has 4 heteroatoms. The zero-order valence-electron chi connectivity index (χ0n) is 11.3. The van der Waals surface area contributed by atoms with Crippen LogP contribution in [0.4, 0.5) is 13.2 Å². The normalized spacial score (nSPS) is 24.5. The fourth-order valence-corrected chi connectivity index (χ4v) is 2.95. The van der Waals surface area contributed by atoms with Crippen molar-refractivity contribution in [2.75, 3.05) is 6.54 Å². The first-order valence-electron chi connectivity index (χ1n) is 6.75. The summed E-state index contributed by atoms with van der Waals surface area (Å²) in [5.41, 5.74) is 3.21. The Labute approximate surface area is 112 Å². The van der Waals surface area contributed by atoms with Gasteiger partial charge in [0, 0.05) is 6.04 Å². The van der Waals surface area contributed by atoms with E-state index in [0.29, 0.717) is 19.4 Å². The van der Waals surface area contributed by atoms with Crippen LogP contribution in [0.1, 0.15) is 29.5 Å². The van der Waals surface area contributed by atoms with Crippen LogP contribution in [0.25, 0.3) is 0 Å². The van der Waals surface area contributed by atoms with Gasteiger partial charge in [0.05, 0.1) is 5.92 Å². The standard InChI is InChI=1S/C15H20F3N/c1-10-5-3-6-11(2)12(10)9-14-13(15(16,17)18)7-4-8-19-14/h3,5-6,13-14,19H,4,7-9H2,1-2H3. The summed E-state index contributed by atoms with van der Waals surface area (Å²) >= 11 is 0. The Bertz CT molecular complexity index is 419. The molecule has 0 saturated carbocycles. The van der Waals surface area contributed by atoms with Gasteiger partial charge >= 0.3 is 6.18 Å². The second-order valence-corrected chi connectivity index (χ2v) is 5.43. The highest BCUT2D eigenvalue weighted by Gasteiger charge is 2.45. The predicted molar refractivity (Wildman–Crippen MR) is 70.2 cm³/mol. The molecule has 0 aromatic heterocycles. The van der Waals surface area contributed by atoms with E-state index in [-0.39, 0.29) is 6.42 Å². The molecule has 2 unspecified atom stereocenters. The highest BCUT2D eigenvalue weighted by Crippen LogP contribution is 2.36. The van der Waals surface area contributed by atoms with Crippen LogP contribution in [0.2, 0.25) is 0 Å². The fraction of sp³-hybridized carbons (Fsp3) is 0.600. The number of hydrogen-bond donors (Lipinski definition) is 1. The van der Waals surface area contributed by atoms with Crippen LogP contribution in [-0.4, -0.2) is 18.8 Å². The number of rotatable bonds is 2. The quantitative estimate of drug-likeness (QED) is 0.863. The van der Waals surface area contributed by atoms with Crippen LogP contribution in [0.15, 0.2) is 18.2 Å². The van der Waals surface area contributed by atoms with Crippen molar-refractivity contribution in [3.63, 3.8) is 0 Å². The molecule has 1 nitrogen and oxygen atoms in total. The molecule has 106 valence electrons. The third-order valence-corrected chi connectivity index (χ3v) is 4.07. The lowest BCUT2D eigenvalue weighted by atomic mass is 9.84. The van der Waals surface area contributed by atoms with Crippen LogP contribution in [0.5, 0.6) is 0 Å². The van der Waals surface area contributed by atoms with Gasteiger partial charge in [-0.2, -0.15) is 13.2 Å². The molecule has 1 aromatic carbocycles. The van der Waals surface area contributed by atoms with E-state index in [1.807, 2.05) is 32.0 Å². The highest BCUT2D eigenvalue weighted by atomic mass is 19.4. The summed E-state index contributed by atoms with van der Waals surface area (Å²) in [6, 6.07) is 5.39. The smallest absolute Gasteiger partial charge is 0.313 e. The van der Waals surface area contributed by atoms with Gasteiger partial charge in [0.1, 0.15) is 0 Å². The summed E-state index contributed by atoms with van der Waals surface area (Å²) in [6.45, 7) is 4.61. The summed E-state index contributed by atoms with van der Waals surface area (Å²) in [7, 11) is 0. The van der Waals surface area contributed by atoms with Crippen LogP contribution in [-0.2, 0) is 6.42 Å². The van der Waals surface area contributed by atoms with Crippen molar-refractivity contribution < 1.29 is 13.2 Å². The molecule has 0 radical (unpaired) electrons. The predicted octanol–water partition coefficient (Wildman–Crippen LogP) is 3.78. The lowest BCUT2D eigenvalue weighted by molar-refractivity contribution is -0.188. The molecule has 1 saturated heterocycles. The van der Waals surface area contributed by atoms with E-state index in [2.05, 4.69) is 5.32 Å². The maximum absolute atomic E-state index is 13.1. The minimum absolute atomic E-state index is 0.242. The Balaban J connectivity index is 2.20. The third kappa shape index (κ3) is 3.30. The van der Waals surface area contributed by atoms with Crippen LogP contribution in [0.3, 0.4) is 0 Å². The average molecular weight is 271 g/mol. The van der Waals surface area contributed by atoms with E-state index >= 15 is 0 Å². The summed E-state index contributed by atoms with van der Waals surface area (Å²) in [5, 5.41) is 3.06. The van der Waals surface area contributed by atoms with Gasteiger partial charge in [-0.3, -0.25) is 0 Å². The molecule has 0 bridgehead atoms. The zero-order valence-corrected chi connectivity index (χ0v) is 11.3. The molecule has 1 aliphatic rings. The van der Waals surface area contributed by atoms with Crippen molar-refractivity contribution in [3.8, 4) is 0 Å². The molecule has 1 N–H and O–H groups in total. The second kappa shape index (κ2) is 5.53. The SMILES string of the molecule is Cc1cccc(C)c1CC1NCCCC1C(F)(F)F. The lowest BCUT2D eigenvalue weighted by Crippen LogP contribution is -2.48. The number of benzene rings is 1. The van der Waals surface area contributed by atoms with Gasteiger partial charge in [-0.1, -0.05) is 18.2 Å². The molecule has 1 heterocycles. The summed E-state index contributed by atoms with van der Waals surface area (Å²) in [5.74, 6) is -1.22. The first kappa shape index (κ1) is 14.4. The molecule has 0 aliphatic carbocycles. The Morgan fingerprint density at radius 2 is 1.84 bits per heavy atom. The van der Waals surface area contributed by atoms with Crippen LogP contribution < -0.4 is 5.32 Å². The lowest BCUT2D eigenvalue weighted by Gasteiger charge is -2.34. The van der Waals surface area contributed by atoms with Crippen molar-refractivity contribution in [1.29, 1.82) is 0 Å². The molecule has 0 spiro atoms. The van der Waals surface area contributed by atoms with E-state index in [9.17, 15) is 13.2 Å². The Morgan fingerprint density at radius 3 is 2.42 bits per heavy atom. The summed E-state index contributed by atoms with van der Waals surface area (Å²) in [4.78, 5) is 0. The number of hydrogen-bond acceptors (Lipinski definition) is 1. The van der Waals surface area contributed by atoms with Crippen molar-refractivity contribution >= 4 is 0 Å². The molecule has 2 rings (SSSR count). The van der Waals surface area contributed by atoms with Gasteiger partial charge in [-0.25, -0.2) is 0 Å². The molecular formula is C15H20F3N. The fourth-order valence-electron chi connectivity index (χ4n) is 2.95. The van der Waals surface area contributed by atoms with Gasteiger partial charge < -0.3 is 5.32 Å². The van der Waals surface area contributed by atoms with Gasteiger partial charge in [0.15, 0.2) is 0 Å². The maximum Gasteiger partial charge on any atom is 0.393 e. The van der Waals surface area contributed by atoms with Gasteiger partial charge in [-0.05, 0) is 56.3 Å². The first-order valence-corrected chi connectivity index (χ1v) is 6.75. The van der Waals surface area contributed by atoms with Gasteiger partial charge in [0.25, 0.3) is 0 Å². The topological polar surface area (TPSA) is 12.0 Å². The molecule has 1 aromatic rings. The molecule has 1 fully saturated rings. The van der Waals surface area contributed by atoms with Gasteiger partial charge in [-0.15, -0.1) is 0 Å². The van der Waals surface area contributed by atoms with Crippen molar-refractivity contribution in [2.45, 2.75) is 45.3 Å². The summed E-state index contributed by atoms with van der Waals surface area (Å²) < 4.78 is 39.2. The largest absolute Gasteiger partial charge is 0.393 e. The van der Waals surface area contributed by atoms with Crippen LogP contribution >= 0.6 is 0 Å². The zero-order chi connectivity index (χ0) is 14.0. The minimum Gasteiger partial charge on any atom is -0.313 e. The molecule has 0 amide bonds. The Kier molecular flexibility index (Phi) is 4.19. The van der Waals surface area contributed by atoms with Crippen LogP contribution in [0, 0.1) is 19.8 Å². The van der Waals surface area contributed by atoms with Crippen molar-refractivity contribution in [1.82, 2.24) is 5.32 Å². The highest BCUT2D eigenvalue weighted by molar-refractivity contribution is 5.34. The summed E-state index contributed by atoms with van der Waals surface area (Å²) in [6.07, 6.45) is -2.79. The molecule has 1 aliphatic heterocycles. The Morgan fingerprint density at radius 1 is 1.21 bits per heavy atom. The van der Waals surface area contributed by atoms with E-state index in [0.717, 1.165) is 16.7 Å². The number of nitrogens with one attached hydrogen (secondary N) is 1. The Hall–Kier alpha value is -1.03. The monoisotopic (exact) mass is 271 g/mol. The first-order chi connectivity index (χ1) is 8.89.